The minimum atomic E-state index is -0.0812. The lowest BCUT2D eigenvalue weighted by Crippen LogP contribution is -2.44. The average Bonchev–Trinajstić information content (AvgIpc) is 3.16. The van der Waals surface area contributed by atoms with Crippen LogP contribution in [0.5, 0.6) is 5.75 Å². The molecule has 1 aromatic heterocycles. The van der Waals surface area contributed by atoms with Gasteiger partial charge in [0.1, 0.15) is 5.75 Å². The van der Waals surface area contributed by atoms with Crippen LogP contribution in [0.15, 0.2) is 42.5 Å². The Kier molecular flexibility index (Phi) is 6.62. The topological polar surface area (TPSA) is 54.9 Å². The number of hydrogen-bond acceptors (Lipinski definition) is 6. The molecule has 0 aliphatic carbocycles. The number of carbonyl (C=O) groups is 1. The highest BCUT2D eigenvalue weighted by Gasteiger charge is 2.22. The lowest BCUT2D eigenvalue weighted by atomic mass is 10.2. The summed E-state index contributed by atoms with van der Waals surface area (Å²) in [6, 6.07) is 13.9. The molecule has 0 radical (unpaired) electrons. The van der Waals surface area contributed by atoms with E-state index in [1.165, 1.54) is 5.56 Å². The van der Waals surface area contributed by atoms with E-state index >= 15 is 0 Å². The van der Waals surface area contributed by atoms with Crippen molar-refractivity contribution in [1.29, 1.82) is 0 Å². The summed E-state index contributed by atoms with van der Waals surface area (Å²) in [5.74, 6) is 0.654. The van der Waals surface area contributed by atoms with Crippen LogP contribution in [0.4, 0.5) is 5.13 Å². The van der Waals surface area contributed by atoms with Gasteiger partial charge in [-0.25, -0.2) is 4.98 Å². The molecule has 3 aromatic rings. The highest BCUT2D eigenvalue weighted by atomic mass is 32.1. The largest absolute Gasteiger partial charge is 0.483 e. The van der Waals surface area contributed by atoms with Crippen LogP contribution in [0.25, 0.3) is 10.2 Å². The zero-order valence-corrected chi connectivity index (χ0v) is 18.3. The molecule has 1 saturated heterocycles. The quantitative estimate of drug-likeness (QED) is 0.578. The molecule has 2 aromatic carbocycles. The number of morpholine rings is 1. The summed E-state index contributed by atoms with van der Waals surface area (Å²) in [5, 5.41) is 0.724. The Bertz CT molecular complexity index is 1010. The number of aromatic nitrogens is 1. The number of thiazole rings is 1. The molecular weight excluding hydrogens is 398 g/mol. The fourth-order valence-electron chi connectivity index (χ4n) is 3.46. The molecule has 1 amide bonds. The summed E-state index contributed by atoms with van der Waals surface area (Å²) >= 11 is 1.55. The molecule has 2 heterocycles. The molecule has 0 spiro atoms. The minimum absolute atomic E-state index is 0.0110. The maximum Gasteiger partial charge on any atom is 0.266 e. The Morgan fingerprint density at radius 1 is 1.20 bits per heavy atom. The van der Waals surface area contributed by atoms with Crippen molar-refractivity contribution in [3.8, 4) is 5.75 Å². The Balaban J connectivity index is 1.52. The molecule has 158 valence electrons. The number of nitrogens with zero attached hydrogens (tertiary/aromatic N) is 3. The van der Waals surface area contributed by atoms with E-state index in [2.05, 4.69) is 17.9 Å². The molecule has 1 aliphatic rings. The van der Waals surface area contributed by atoms with Gasteiger partial charge in [0, 0.05) is 26.2 Å². The van der Waals surface area contributed by atoms with Gasteiger partial charge in [-0.3, -0.25) is 14.6 Å². The first-order chi connectivity index (χ1) is 14.6. The Hall–Kier alpha value is -2.48. The number of carbonyl (C=O) groups excluding carboxylic acids is 1. The number of rotatable bonds is 7. The van der Waals surface area contributed by atoms with Crippen LogP contribution in [0.1, 0.15) is 11.1 Å². The maximum absolute atomic E-state index is 13.2. The number of aryl methyl sites for hydroxylation is 2. The number of para-hydroxylation sites is 1. The SMILES string of the molecule is Cc1ccc2nc(N(CCN3CCOCC3)C(=O)COc3ccccc3C)sc2c1. The predicted octanol–water partition coefficient (Wildman–Crippen LogP) is 3.66. The van der Waals surface area contributed by atoms with Crippen molar-refractivity contribution >= 4 is 32.6 Å². The third-order valence-corrected chi connectivity index (χ3v) is 6.29. The fraction of sp³-hybridized carbons (Fsp3) is 0.391. The predicted molar refractivity (Wildman–Crippen MR) is 121 cm³/mol. The van der Waals surface area contributed by atoms with E-state index in [1.54, 1.807) is 16.2 Å². The van der Waals surface area contributed by atoms with Crippen molar-refractivity contribution in [1.82, 2.24) is 9.88 Å². The van der Waals surface area contributed by atoms with Crippen LogP contribution in [-0.4, -0.2) is 61.8 Å². The van der Waals surface area contributed by atoms with E-state index in [-0.39, 0.29) is 12.5 Å². The number of fused-ring (bicyclic) bond motifs is 1. The van der Waals surface area contributed by atoms with Gasteiger partial charge >= 0.3 is 0 Å². The van der Waals surface area contributed by atoms with Crippen LogP contribution in [0, 0.1) is 13.8 Å². The Morgan fingerprint density at radius 2 is 2.00 bits per heavy atom. The van der Waals surface area contributed by atoms with Crippen LogP contribution in [0.2, 0.25) is 0 Å². The second kappa shape index (κ2) is 9.55. The van der Waals surface area contributed by atoms with Gasteiger partial charge in [0.25, 0.3) is 5.91 Å². The van der Waals surface area contributed by atoms with Crippen LogP contribution < -0.4 is 9.64 Å². The highest BCUT2D eigenvalue weighted by Crippen LogP contribution is 2.30. The van der Waals surface area contributed by atoms with Crippen molar-refractivity contribution in [3.63, 3.8) is 0 Å². The Labute approximate surface area is 181 Å². The molecule has 4 rings (SSSR count). The summed E-state index contributed by atoms with van der Waals surface area (Å²) in [5.41, 5.74) is 3.12. The molecule has 0 atom stereocenters. The normalized spacial score (nSPS) is 14.7. The van der Waals surface area contributed by atoms with E-state index in [9.17, 15) is 4.79 Å². The van der Waals surface area contributed by atoms with E-state index in [0.29, 0.717) is 6.54 Å². The molecule has 1 aliphatic heterocycles. The minimum Gasteiger partial charge on any atom is -0.483 e. The van der Waals surface area contributed by atoms with Crippen molar-refractivity contribution in [2.75, 3.05) is 50.9 Å². The molecule has 0 bridgehead atoms. The smallest absolute Gasteiger partial charge is 0.266 e. The van der Waals surface area contributed by atoms with Crippen molar-refractivity contribution in [3.05, 3.63) is 53.6 Å². The first-order valence-electron chi connectivity index (χ1n) is 10.3. The van der Waals surface area contributed by atoms with Gasteiger partial charge in [0.15, 0.2) is 11.7 Å². The standard InChI is InChI=1S/C23H27N3O3S/c1-17-7-8-19-21(15-17)30-23(24-19)26(10-9-25-11-13-28-14-12-25)22(27)16-29-20-6-4-3-5-18(20)2/h3-8,15H,9-14,16H2,1-2H3. The zero-order chi connectivity index (χ0) is 20.9. The summed E-state index contributed by atoms with van der Waals surface area (Å²) in [7, 11) is 0. The van der Waals surface area contributed by atoms with Crippen molar-refractivity contribution in [2.45, 2.75) is 13.8 Å². The van der Waals surface area contributed by atoms with E-state index < -0.39 is 0 Å². The van der Waals surface area contributed by atoms with Crippen molar-refractivity contribution in [2.24, 2.45) is 0 Å². The first kappa shape index (κ1) is 20.8. The van der Waals surface area contributed by atoms with Gasteiger partial charge in [0.05, 0.1) is 23.4 Å². The fourth-order valence-corrected chi connectivity index (χ4v) is 4.57. The molecule has 0 unspecified atom stereocenters. The second-order valence-electron chi connectivity index (χ2n) is 7.52. The van der Waals surface area contributed by atoms with Gasteiger partial charge in [-0.2, -0.15) is 0 Å². The van der Waals surface area contributed by atoms with E-state index in [4.69, 9.17) is 14.5 Å². The van der Waals surface area contributed by atoms with Crippen LogP contribution in [0.3, 0.4) is 0 Å². The van der Waals surface area contributed by atoms with Crippen LogP contribution >= 0.6 is 11.3 Å². The summed E-state index contributed by atoms with van der Waals surface area (Å²) in [6.45, 7) is 8.66. The second-order valence-corrected chi connectivity index (χ2v) is 8.53. The molecule has 0 saturated carbocycles. The number of hydrogen-bond donors (Lipinski definition) is 0. The summed E-state index contributed by atoms with van der Waals surface area (Å²) in [4.78, 5) is 22.0. The van der Waals surface area contributed by atoms with Gasteiger partial charge in [0.2, 0.25) is 0 Å². The molecule has 6 nitrogen and oxygen atoms in total. The van der Waals surface area contributed by atoms with E-state index in [0.717, 1.165) is 59.5 Å². The first-order valence-corrected chi connectivity index (χ1v) is 11.1. The highest BCUT2D eigenvalue weighted by molar-refractivity contribution is 7.22. The Morgan fingerprint density at radius 3 is 2.80 bits per heavy atom. The molecule has 30 heavy (non-hydrogen) atoms. The lowest BCUT2D eigenvalue weighted by molar-refractivity contribution is -0.120. The molecular formula is C23H27N3O3S. The lowest BCUT2D eigenvalue weighted by Gasteiger charge is -2.29. The molecule has 7 heteroatoms. The van der Waals surface area contributed by atoms with Gasteiger partial charge in [-0.1, -0.05) is 35.6 Å². The number of benzene rings is 2. The average molecular weight is 426 g/mol. The molecule has 1 fully saturated rings. The van der Waals surface area contributed by atoms with Gasteiger partial charge < -0.3 is 9.47 Å². The number of ether oxygens (including phenoxy) is 2. The third kappa shape index (κ3) is 4.98. The number of anilines is 1. The third-order valence-electron chi connectivity index (χ3n) is 5.25. The maximum atomic E-state index is 13.2. The van der Waals surface area contributed by atoms with Gasteiger partial charge in [-0.15, -0.1) is 0 Å². The van der Waals surface area contributed by atoms with Crippen LogP contribution in [-0.2, 0) is 9.53 Å². The number of amides is 1. The monoisotopic (exact) mass is 425 g/mol. The van der Waals surface area contributed by atoms with Crippen molar-refractivity contribution < 1.29 is 14.3 Å². The van der Waals surface area contributed by atoms with Gasteiger partial charge in [-0.05, 0) is 43.2 Å². The van der Waals surface area contributed by atoms with E-state index in [1.807, 2.05) is 43.3 Å². The summed E-state index contributed by atoms with van der Waals surface area (Å²) < 4.78 is 12.4. The zero-order valence-electron chi connectivity index (χ0n) is 17.5. The summed E-state index contributed by atoms with van der Waals surface area (Å²) in [6.07, 6.45) is 0. The molecule has 0 N–H and O–H groups in total.